The molecule has 0 heterocycles. The molecule has 5 heteroatoms. The number of rotatable bonds is 7. The molecule has 0 fully saturated rings. The summed E-state index contributed by atoms with van der Waals surface area (Å²) in [6.07, 6.45) is 1.40. The number of hydrogen-bond donors (Lipinski definition) is 3. The number of anilines is 2. The lowest BCUT2D eigenvalue weighted by molar-refractivity contribution is -0.116. The number of carbonyl (C=O) groups is 2. The Balaban J connectivity index is 2.53. The zero-order valence-electron chi connectivity index (χ0n) is 12.3. The van der Waals surface area contributed by atoms with Crippen molar-refractivity contribution in [3.63, 3.8) is 0 Å². The van der Waals surface area contributed by atoms with E-state index < -0.39 is 0 Å². The molecule has 5 nitrogen and oxygen atoms in total. The Labute approximate surface area is 120 Å². The van der Waals surface area contributed by atoms with E-state index >= 15 is 0 Å². The van der Waals surface area contributed by atoms with Crippen LogP contribution in [0.5, 0.6) is 0 Å². The maximum Gasteiger partial charge on any atom is 0.238 e. The van der Waals surface area contributed by atoms with Crippen molar-refractivity contribution >= 4 is 23.2 Å². The molecule has 0 saturated heterocycles. The lowest BCUT2D eigenvalue weighted by Gasteiger charge is -2.12. The highest BCUT2D eigenvalue weighted by molar-refractivity contribution is 5.94. The smallest absolute Gasteiger partial charge is 0.238 e. The zero-order valence-corrected chi connectivity index (χ0v) is 12.3. The third-order valence-corrected chi connectivity index (χ3v) is 2.97. The first kappa shape index (κ1) is 16.2. The third kappa shape index (κ3) is 5.84. The van der Waals surface area contributed by atoms with E-state index in [1.54, 1.807) is 31.2 Å². The number of benzene rings is 1. The molecule has 1 unspecified atom stereocenters. The number of amides is 2. The summed E-state index contributed by atoms with van der Waals surface area (Å²) in [5, 5.41) is 8.69. The third-order valence-electron chi connectivity index (χ3n) is 2.97. The molecule has 20 heavy (non-hydrogen) atoms. The average Bonchev–Trinajstić information content (AvgIpc) is 2.44. The number of hydrogen-bond acceptors (Lipinski definition) is 3. The maximum atomic E-state index is 11.8. The Bertz CT molecular complexity index is 460. The fourth-order valence-electron chi connectivity index (χ4n) is 1.54. The van der Waals surface area contributed by atoms with Gasteiger partial charge in [-0.15, -0.1) is 0 Å². The van der Waals surface area contributed by atoms with E-state index in [9.17, 15) is 9.59 Å². The molecule has 0 aliphatic rings. The normalized spacial score (nSPS) is 11.8. The Hall–Kier alpha value is -1.88. The van der Waals surface area contributed by atoms with E-state index in [-0.39, 0.29) is 18.4 Å². The van der Waals surface area contributed by atoms with E-state index in [0.717, 1.165) is 6.42 Å². The molecule has 110 valence electrons. The first-order chi connectivity index (χ1) is 9.55. The highest BCUT2D eigenvalue weighted by Gasteiger charge is 2.05. The summed E-state index contributed by atoms with van der Waals surface area (Å²) in [6, 6.07) is 7.44. The summed E-state index contributed by atoms with van der Waals surface area (Å²) in [5.41, 5.74) is 1.36. The Morgan fingerprint density at radius 1 is 1.10 bits per heavy atom. The SMILES string of the molecule is CCC(=O)Nc1cccc(NC(=O)CNC(C)CC)c1. The summed E-state index contributed by atoms with van der Waals surface area (Å²) in [7, 11) is 0. The van der Waals surface area contributed by atoms with E-state index in [0.29, 0.717) is 23.8 Å². The van der Waals surface area contributed by atoms with Gasteiger partial charge in [0.15, 0.2) is 0 Å². The lowest BCUT2D eigenvalue weighted by Crippen LogP contribution is -2.33. The highest BCUT2D eigenvalue weighted by Crippen LogP contribution is 2.15. The fraction of sp³-hybridized carbons (Fsp3) is 0.467. The second-order valence-electron chi connectivity index (χ2n) is 4.72. The molecule has 1 aromatic rings. The van der Waals surface area contributed by atoms with Gasteiger partial charge in [0.25, 0.3) is 0 Å². The monoisotopic (exact) mass is 277 g/mol. The van der Waals surface area contributed by atoms with Gasteiger partial charge in [-0.3, -0.25) is 9.59 Å². The predicted molar refractivity (Wildman–Crippen MR) is 81.7 cm³/mol. The van der Waals surface area contributed by atoms with Crippen LogP contribution in [0.1, 0.15) is 33.6 Å². The molecule has 0 radical (unpaired) electrons. The van der Waals surface area contributed by atoms with Crippen LogP contribution < -0.4 is 16.0 Å². The first-order valence-electron chi connectivity index (χ1n) is 6.98. The largest absolute Gasteiger partial charge is 0.326 e. The summed E-state index contributed by atoms with van der Waals surface area (Å²) in [5.74, 6) is -0.142. The van der Waals surface area contributed by atoms with Crippen LogP contribution >= 0.6 is 0 Å². The van der Waals surface area contributed by atoms with E-state index in [4.69, 9.17) is 0 Å². The summed E-state index contributed by atoms with van der Waals surface area (Å²) in [6.45, 7) is 6.17. The topological polar surface area (TPSA) is 70.2 Å². The molecule has 2 amide bonds. The minimum atomic E-state index is -0.0933. The number of nitrogens with one attached hydrogen (secondary N) is 3. The molecule has 1 rings (SSSR count). The second-order valence-corrected chi connectivity index (χ2v) is 4.72. The van der Waals surface area contributed by atoms with Crippen LogP contribution in [0.15, 0.2) is 24.3 Å². The van der Waals surface area contributed by atoms with Gasteiger partial charge >= 0.3 is 0 Å². The Morgan fingerprint density at radius 3 is 2.25 bits per heavy atom. The average molecular weight is 277 g/mol. The van der Waals surface area contributed by atoms with Gasteiger partial charge in [-0.05, 0) is 31.5 Å². The van der Waals surface area contributed by atoms with Gasteiger partial charge in [0.1, 0.15) is 0 Å². The zero-order chi connectivity index (χ0) is 15.0. The van der Waals surface area contributed by atoms with Crippen LogP contribution in [-0.4, -0.2) is 24.4 Å². The van der Waals surface area contributed by atoms with Crippen molar-refractivity contribution in [1.82, 2.24) is 5.32 Å². The van der Waals surface area contributed by atoms with Crippen LogP contribution in [-0.2, 0) is 9.59 Å². The van der Waals surface area contributed by atoms with E-state index in [2.05, 4.69) is 22.9 Å². The predicted octanol–water partition coefficient (Wildman–Crippen LogP) is 2.36. The summed E-state index contributed by atoms with van der Waals surface area (Å²) >= 11 is 0. The van der Waals surface area contributed by atoms with Crippen molar-refractivity contribution in [3.05, 3.63) is 24.3 Å². The van der Waals surface area contributed by atoms with Gasteiger partial charge in [-0.1, -0.05) is 19.9 Å². The van der Waals surface area contributed by atoms with Gasteiger partial charge in [-0.2, -0.15) is 0 Å². The van der Waals surface area contributed by atoms with Crippen LogP contribution in [0.2, 0.25) is 0 Å². The van der Waals surface area contributed by atoms with Crippen molar-refractivity contribution in [3.8, 4) is 0 Å². The molecule has 0 bridgehead atoms. The van der Waals surface area contributed by atoms with Crippen molar-refractivity contribution in [2.24, 2.45) is 0 Å². The van der Waals surface area contributed by atoms with Crippen molar-refractivity contribution in [2.75, 3.05) is 17.2 Å². The molecule has 0 spiro atoms. The van der Waals surface area contributed by atoms with Crippen LogP contribution in [0, 0.1) is 0 Å². The van der Waals surface area contributed by atoms with Crippen molar-refractivity contribution in [1.29, 1.82) is 0 Å². The highest BCUT2D eigenvalue weighted by atomic mass is 16.2. The maximum absolute atomic E-state index is 11.8. The Kier molecular flexibility index (Phi) is 6.73. The van der Waals surface area contributed by atoms with Crippen molar-refractivity contribution < 1.29 is 9.59 Å². The molecule has 1 atom stereocenters. The lowest BCUT2D eigenvalue weighted by atomic mass is 10.2. The first-order valence-corrected chi connectivity index (χ1v) is 6.98. The molecule has 0 aliphatic carbocycles. The minimum Gasteiger partial charge on any atom is -0.326 e. The summed E-state index contributed by atoms with van der Waals surface area (Å²) < 4.78 is 0. The van der Waals surface area contributed by atoms with E-state index in [1.165, 1.54) is 0 Å². The van der Waals surface area contributed by atoms with Gasteiger partial charge < -0.3 is 16.0 Å². The molecule has 0 aromatic heterocycles. The van der Waals surface area contributed by atoms with E-state index in [1.807, 2.05) is 6.92 Å². The van der Waals surface area contributed by atoms with Gasteiger partial charge in [-0.25, -0.2) is 0 Å². The molecule has 0 saturated carbocycles. The van der Waals surface area contributed by atoms with Gasteiger partial charge in [0, 0.05) is 23.8 Å². The van der Waals surface area contributed by atoms with Crippen LogP contribution in [0.4, 0.5) is 11.4 Å². The van der Waals surface area contributed by atoms with Gasteiger partial charge in [0.2, 0.25) is 11.8 Å². The quantitative estimate of drug-likeness (QED) is 0.716. The van der Waals surface area contributed by atoms with Crippen LogP contribution in [0.3, 0.4) is 0 Å². The Morgan fingerprint density at radius 2 is 1.70 bits per heavy atom. The fourth-order valence-corrected chi connectivity index (χ4v) is 1.54. The molecule has 3 N–H and O–H groups in total. The molecule has 0 aliphatic heterocycles. The van der Waals surface area contributed by atoms with Crippen molar-refractivity contribution in [2.45, 2.75) is 39.7 Å². The standard InChI is InChI=1S/C15H23N3O2/c1-4-11(3)16-10-15(20)18-13-8-6-7-12(9-13)17-14(19)5-2/h6-9,11,16H,4-5,10H2,1-3H3,(H,17,19)(H,18,20). The molecule has 1 aromatic carbocycles. The van der Waals surface area contributed by atoms with Gasteiger partial charge in [0.05, 0.1) is 6.54 Å². The minimum absolute atomic E-state index is 0.0492. The molecular weight excluding hydrogens is 254 g/mol. The second kappa shape index (κ2) is 8.32. The van der Waals surface area contributed by atoms with Crippen LogP contribution in [0.25, 0.3) is 0 Å². The molecular formula is C15H23N3O2. The summed E-state index contributed by atoms with van der Waals surface area (Å²) in [4.78, 5) is 23.1. The number of carbonyl (C=O) groups excluding carboxylic acids is 2.